The molecule has 0 bridgehead atoms. The molecule has 1 fully saturated rings. The molecule has 9 nitrogen and oxygen atoms in total. The summed E-state index contributed by atoms with van der Waals surface area (Å²) in [7, 11) is 3.13. The molecular formula is C22H25FN2O7. The minimum absolute atomic E-state index is 0.0346. The molecule has 10 heteroatoms. The van der Waals surface area contributed by atoms with Gasteiger partial charge in [-0.2, -0.15) is 0 Å². The second kappa shape index (κ2) is 11.7. The number of amides is 1. The van der Waals surface area contributed by atoms with Crippen molar-refractivity contribution < 1.29 is 38.5 Å². The van der Waals surface area contributed by atoms with Crippen molar-refractivity contribution in [2.75, 3.05) is 40.4 Å². The Hall–Kier alpha value is -3.66. The molecule has 0 unspecified atom stereocenters. The molecule has 0 saturated carbocycles. The highest BCUT2D eigenvalue weighted by atomic mass is 19.1. The molecule has 1 aliphatic heterocycles. The van der Waals surface area contributed by atoms with Gasteiger partial charge in [0.1, 0.15) is 17.3 Å². The number of piperazine rings is 1. The maximum absolute atomic E-state index is 13.3. The van der Waals surface area contributed by atoms with Crippen molar-refractivity contribution in [1.29, 1.82) is 0 Å². The number of carboxylic acid groups (broad SMARTS) is 2. The van der Waals surface area contributed by atoms with Crippen LogP contribution in [0.25, 0.3) is 0 Å². The van der Waals surface area contributed by atoms with Gasteiger partial charge in [0.25, 0.3) is 5.91 Å². The molecular weight excluding hydrogens is 423 g/mol. The smallest absolute Gasteiger partial charge is 0.414 e. The zero-order valence-corrected chi connectivity index (χ0v) is 17.8. The number of aliphatic carboxylic acids is 2. The van der Waals surface area contributed by atoms with Crippen LogP contribution in [0.1, 0.15) is 15.9 Å². The van der Waals surface area contributed by atoms with E-state index < -0.39 is 11.9 Å². The zero-order valence-electron chi connectivity index (χ0n) is 17.8. The Labute approximate surface area is 184 Å². The van der Waals surface area contributed by atoms with Crippen LogP contribution in [0.5, 0.6) is 11.5 Å². The normalized spacial score (nSPS) is 13.5. The fourth-order valence-electron chi connectivity index (χ4n) is 3.12. The van der Waals surface area contributed by atoms with Gasteiger partial charge in [-0.1, -0.05) is 12.1 Å². The first-order valence-electron chi connectivity index (χ1n) is 9.69. The van der Waals surface area contributed by atoms with E-state index in [1.54, 1.807) is 44.6 Å². The standard InChI is InChI=1S/C20H23FN2O3.C2H2O4/c1-25-18-11-16(12-19(13-18)26-2)20(24)23-8-6-22(7-9-23)14-15-4-3-5-17(21)10-15;3-1(4)2(5)6/h3-5,10-13H,6-9,14H2,1-2H3;(H,3,4)(H,5,6). The van der Waals surface area contributed by atoms with Crippen LogP contribution in [-0.4, -0.2) is 78.3 Å². The van der Waals surface area contributed by atoms with Crippen LogP contribution in [0.2, 0.25) is 0 Å². The van der Waals surface area contributed by atoms with Gasteiger partial charge in [0.15, 0.2) is 0 Å². The molecule has 0 aromatic heterocycles. The molecule has 2 aromatic rings. The SMILES string of the molecule is COc1cc(OC)cc(C(=O)N2CCN(Cc3cccc(F)c3)CC2)c1.O=C(O)C(=O)O. The molecule has 2 aromatic carbocycles. The molecule has 0 aliphatic carbocycles. The Balaban J connectivity index is 0.000000534. The summed E-state index contributed by atoms with van der Waals surface area (Å²) in [5.74, 6) is -2.71. The summed E-state index contributed by atoms with van der Waals surface area (Å²) < 4.78 is 23.8. The van der Waals surface area contributed by atoms with Crippen LogP contribution in [0.4, 0.5) is 4.39 Å². The number of methoxy groups -OCH3 is 2. The summed E-state index contributed by atoms with van der Waals surface area (Å²) in [4.78, 5) is 35.0. The number of carbonyl (C=O) groups is 3. The number of nitrogens with zero attached hydrogens (tertiary/aromatic N) is 2. The molecule has 0 atom stereocenters. The quantitative estimate of drug-likeness (QED) is 0.667. The fraction of sp³-hybridized carbons (Fsp3) is 0.318. The van der Waals surface area contributed by atoms with Crippen LogP contribution < -0.4 is 9.47 Å². The van der Waals surface area contributed by atoms with Crippen molar-refractivity contribution in [1.82, 2.24) is 9.80 Å². The lowest BCUT2D eigenvalue weighted by Gasteiger charge is -2.34. The summed E-state index contributed by atoms with van der Waals surface area (Å²) >= 11 is 0. The lowest BCUT2D eigenvalue weighted by molar-refractivity contribution is -0.159. The lowest BCUT2D eigenvalue weighted by atomic mass is 10.1. The average Bonchev–Trinajstić information content (AvgIpc) is 2.79. The summed E-state index contributed by atoms with van der Waals surface area (Å²) in [6.07, 6.45) is 0. The predicted molar refractivity (Wildman–Crippen MR) is 112 cm³/mol. The molecule has 32 heavy (non-hydrogen) atoms. The van der Waals surface area contributed by atoms with E-state index in [4.69, 9.17) is 29.3 Å². The number of benzene rings is 2. The summed E-state index contributed by atoms with van der Waals surface area (Å²) in [6, 6.07) is 11.8. The number of halogens is 1. The highest BCUT2D eigenvalue weighted by molar-refractivity contribution is 6.27. The Bertz CT molecular complexity index is 925. The van der Waals surface area contributed by atoms with Crippen LogP contribution >= 0.6 is 0 Å². The van der Waals surface area contributed by atoms with E-state index in [1.165, 1.54) is 6.07 Å². The molecule has 1 saturated heterocycles. The first kappa shape index (κ1) is 24.6. The third-order valence-electron chi connectivity index (χ3n) is 4.74. The maximum Gasteiger partial charge on any atom is 0.414 e. The van der Waals surface area contributed by atoms with Gasteiger partial charge in [-0.15, -0.1) is 0 Å². The third kappa shape index (κ3) is 7.24. The van der Waals surface area contributed by atoms with E-state index in [1.807, 2.05) is 11.0 Å². The Kier molecular flexibility index (Phi) is 8.96. The second-order valence-corrected chi connectivity index (χ2v) is 6.91. The van der Waals surface area contributed by atoms with Crippen molar-refractivity contribution in [3.8, 4) is 11.5 Å². The van der Waals surface area contributed by atoms with Crippen molar-refractivity contribution in [2.24, 2.45) is 0 Å². The summed E-state index contributed by atoms with van der Waals surface area (Å²) in [6.45, 7) is 3.46. The molecule has 3 rings (SSSR count). The Morgan fingerprint density at radius 3 is 1.94 bits per heavy atom. The van der Waals surface area contributed by atoms with E-state index in [-0.39, 0.29) is 11.7 Å². The van der Waals surface area contributed by atoms with Crippen LogP contribution in [0.3, 0.4) is 0 Å². The maximum atomic E-state index is 13.3. The first-order valence-corrected chi connectivity index (χ1v) is 9.69. The topological polar surface area (TPSA) is 117 Å². The van der Waals surface area contributed by atoms with Gasteiger partial charge >= 0.3 is 11.9 Å². The zero-order chi connectivity index (χ0) is 23.7. The van der Waals surface area contributed by atoms with Gasteiger partial charge in [0.05, 0.1) is 14.2 Å². The molecule has 0 radical (unpaired) electrons. The number of ether oxygens (including phenoxy) is 2. The number of hydrogen-bond acceptors (Lipinski definition) is 6. The number of hydrogen-bond donors (Lipinski definition) is 2. The van der Waals surface area contributed by atoms with Crippen molar-refractivity contribution in [3.05, 3.63) is 59.4 Å². The van der Waals surface area contributed by atoms with Crippen LogP contribution in [-0.2, 0) is 16.1 Å². The minimum atomic E-state index is -1.82. The van der Waals surface area contributed by atoms with Crippen molar-refractivity contribution >= 4 is 17.8 Å². The Morgan fingerprint density at radius 1 is 0.906 bits per heavy atom. The van der Waals surface area contributed by atoms with E-state index in [0.29, 0.717) is 36.7 Å². The van der Waals surface area contributed by atoms with Gasteiger partial charge in [0, 0.05) is 44.4 Å². The minimum Gasteiger partial charge on any atom is -0.497 e. The van der Waals surface area contributed by atoms with Gasteiger partial charge in [-0.3, -0.25) is 9.69 Å². The van der Waals surface area contributed by atoms with Gasteiger partial charge in [-0.25, -0.2) is 14.0 Å². The molecule has 2 N–H and O–H groups in total. The van der Waals surface area contributed by atoms with Crippen molar-refractivity contribution in [3.63, 3.8) is 0 Å². The summed E-state index contributed by atoms with van der Waals surface area (Å²) in [5, 5.41) is 14.8. The number of rotatable bonds is 5. The van der Waals surface area contributed by atoms with E-state index >= 15 is 0 Å². The van der Waals surface area contributed by atoms with Crippen molar-refractivity contribution in [2.45, 2.75) is 6.54 Å². The van der Waals surface area contributed by atoms with Crippen LogP contribution in [0.15, 0.2) is 42.5 Å². The average molecular weight is 448 g/mol. The first-order chi connectivity index (χ1) is 15.2. The predicted octanol–water partition coefficient (Wildman–Crippen LogP) is 1.96. The molecule has 1 amide bonds. The molecule has 172 valence electrons. The van der Waals surface area contributed by atoms with Crippen LogP contribution in [0, 0.1) is 5.82 Å². The van der Waals surface area contributed by atoms with E-state index in [9.17, 15) is 9.18 Å². The van der Waals surface area contributed by atoms with Gasteiger partial charge in [0.2, 0.25) is 0 Å². The van der Waals surface area contributed by atoms with E-state index in [0.717, 1.165) is 18.7 Å². The number of carbonyl (C=O) groups excluding carboxylic acids is 1. The van der Waals surface area contributed by atoms with E-state index in [2.05, 4.69) is 4.90 Å². The molecule has 0 spiro atoms. The highest BCUT2D eigenvalue weighted by Gasteiger charge is 2.23. The Morgan fingerprint density at radius 2 is 1.47 bits per heavy atom. The number of carboxylic acids is 2. The highest BCUT2D eigenvalue weighted by Crippen LogP contribution is 2.24. The molecule has 1 heterocycles. The summed E-state index contributed by atoms with van der Waals surface area (Å²) in [5.41, 5.74) is 1.50. The second-order valence-electron chi connectivity index (χ2n) is 6.91. The lowest BCUT2D eigenvalue weighted by Crippen LogP contribution is -2.48. The molecule has 1 aliphatic rings. The third-order valence-corrected chi connectivity index (χ3v) is 4.74. The monoisotopic (exact) mass is 448 g/mol. The van der Waals surface area contributed by atoms with Gasteiger partial charge in [-0.05, 0) is 29.8 Å². The van der Waals surface area contributed by atoms with Gasteiger partial charge < -0.3 is 24.6 Å². The fourth-order valence-corrected chi connectivity index (χ4v) is 3.12. The largest absolute Gasteiger partial charge is 0.497 e.